The quantitative estimate of drug-likeness (QED) is 0.638. The number of carbonyl (C=O) groups is 2. The van der Waals surface area contributed by atoms with Crippen LogP contribution in [0.5, 0.6) is 0 Å². The minimum Gasteiger partial charge on any atom is -0.478 e. The second-order valence-electron chi connectivity index (χ2n) is 5.13. The largest absolute Gasteiger partial charge is 0.478 e. The van der Waals surface area contributed by atoms with Gasteiger partial charge in [0.25, 0.3) is 5.91 Å². The molecule has 132 valence electrons. The highest BCUT2D eigenvalue weighted by Crippen LogP contribution is 2.29. The minimum atomic E-state index is -4.47. The Hall–Kier alpha value is -3.60. The molecule has 0 fully saturated rings. The average molecular weight is 360 g/mol. The molecular formula is C18H11F3N2O3. The smallest absolute Gasteiger partial charge is 0.416 e. The molecule has 5 nitrogen and oxygen atoms in total. The lowest BCUT2D eigenvalue weighted by molar-refractivity contribution is -0.137. The van der Waals surface area contributed by atoms with Crippen LogP contribution in [0, 0.1) is 11.3 Å². The van der Waals surface area contributed by atoms with Gasteiger partial charge in [0, 0.05) is 5.69 Å². The van der Waals surface area contributed by atoms with Gasteiger partial charge in [-0.1, -0.05) is 12.1 Å². The van der Waals surface area contributed by atoms with Gasteiger partial charge in [-0.25, -0.2) is 4.79 Å². The number of nitriles is 1. The van der Waals surface area contributed by atoms with Crippen molar-refractivity contribution in [2.24, 2.45) is 0 Å². The van der Waals surface area contributed by atoms with Crippen LogP contribution >= 0.6 is 0 Å². The molecule has 0 aliphatic carbocycles. The summed E-state index contributed by atoms with van der Waals surface area (Å²) in [6, 6.07) is 10.9. The summed E-state index contributed by atoms with van der Waals surface area (Å²) in [6.07, 6.45) is -3.32. The number of halogens is 3. The van der Waals surface area contributed by atoms with Crippen molar-refractivity contribution in [1.82, 2.24) is 0 Å². The maximum Gasteiger partial charge on any atom is 0.416 e. The molecule has 0 aliphatic heterocycles. The summed E-state index contributed by atoms with van der Waals surface area (Å²) in [6.45, 7) is 0. The number of amides is 1. The van der Waals surface area contributed by atoms with Crippen LogP contribution in [0.1, 0.15) is 21.5 Å². The molecular weight excluding hydrogens is 349 g/mol. The predicted octanol–water partition coefficient (Wildman–Crippen LogP) is 3.95. The van der Waals surface area contributed by atoms with Crippen molar-refractivity contribution in [2.75, 3.05) is 5.32 Å². The fourth-order valence-corrected chi connectivity index (χ4v) is 1.98. The first-order chi connectivity index (χ1) is 12.2. The molecule has 0 saturated heterocycles. The molecule has 2 aromatic rings. The number of benzene rings is 2. The van der Waals surface area contributed by atoms with E-state index in [1.54, 1.807) is 6.07 Å². The number of hydrogen-bond acceptors (Lipinski definition) is 3. The van der Waals surface area contributed by atoms with Gasteiger partial charge < -0.3 is 10.4 Å². The predicted molar refractivity (Wildman–Crippen MR) is 87.1 cm³/mol. The maximum absolute atomic E-state index is 12.5. The van der Waals surface area contributed by atoms with Crippen molar-refractivity contribution < 1.29 is 27.9 Å². The van der Waals surface area contributed by atoms with Crippen LogP contribution in [-0.4, -0.2) is 17.0 Å². The van der Waals surface area contributed by atoms with Gasteiger partial charge in [0.05, 0.1) is 11.1 Å². The van der Waals surface area contributed by atoms with E-state index in [4.69, 9.17) is 10.4 Å². The van der Waals surface area contributed by atoms with E-state index >= 15 is 0 Å². The fourth-order valence-electron chi connectivity index (χ4n) is 1.98. The number of aromatic carboxylic acids is 1. The maximum atomic E-state index is 12.5. The molecule has 0 spiro atoms. The fraction of sp³-hybridized carbons (Fsp3) is 0.0556. The number of carbonyl (C=O) groups excluding carboxylic acids is 1. The molecule has 1 amide bonds. The lowest BCUT2D eigenvalue weighted by Crippen LogP contribution is -2.13. The summed E-state index contributed by atoms with van der Waals surface area (Å²) in [4.78, 5) is 22.9. The van der Waals surface area contributed by atoms with E-state index in [9.17, 15) is 22.8 Å². The Kier molecular flexibility index (Phi) is 5.42. The van der Waals surface area contributed by atoms with Crippen molar-refractivity contribution in [3.05, 3.63) is 70.8 Å². The number of anilines is 1. The monoisotopic (exact) mass is 360 g/mol. The molecule has 0 unspecified atom stereocenters. The van der Waals surface area contributed by atoms with Gasteiger partial charge in [-0.2, -0.15) is 18.4 Å². The molecule has 0 bridgehead atoms. The van der Waals surface area contributed by atoms with Crippen LogP contribution in [0.3, 0.4) is 0 Å². The molecule has 8 heteroatoms. The SMILES string of the molecule is N#C/C(=C\c1ccc(C(F)(F)F)cc1)C(=O)Nc1ccc(C(=O)O)cc1. The Morgan fingerprint density at radius 1 is 1.04 bits per heavy atom. The minimum absolute atomic E-state index is 0.0313. The molecule has 0 atom stereocenters. The van der Waals surface area contributed by atoms with Crippen molar-refractivity contribution in [1.29, 1.82) is 5.26 Å². The van der Waals surface area contributed by atoms with Crippen LogP contribution in [0.4, 0.5) is 18.9 Å². The lowest BCUT2D eigenvalue weighted by Gasteiger charge is -2.07. The summed E-state index contributed by atoms with van der Waals surface area (Å²) in [7, 11) is 0. The van der Waals surface area contributed by atoms with Gasteiger partial charge in [-0.3, -0.25) is 4.79 Å². The normalized spacial score (nSPS) is 11.5. The van der Waals surface area contributed by atoms with E-state index < -0.39 is 23.6 Å². The topological polar surface area (TPSA) is 90.2 Å². The number of rotatable bonds is 4. The van der Waals surface area contributed by atoms with Gasteiger partial charge in [0.15, 0.2) is 0 Å². The molecule has 0 radical (unpaired) electrons. The van der Waals surface area contributed by atoms with Crippen molar-refractivity contribution in [3.63, 3.8) is 0 Å². The van der Waals surface area contributed by atoms with Crippen molar-refractivity contribution in [2.45, 2.75) is 6.18 Å². The Bertz CT molecular complexity index is 893. The standard InChI is InChI=1S/C18H11F3N2O3/c19-18(20,21)14-5-1-11(2-6-14)9-13(10-22)16(24)23-15-7-3-12(4-8-15)17(25)26/h1-9H,(H,23,24)(H,25,26)/b13-9+. The first kappa shape index (κ1) is 18.7. The summed E-state index contributed by atoms with van der Waals surface area (Å²) in [5, 5.41) is 20.3. The molecule has 26 heavy (non-hydrogen) atoms. The van der Waals surface area contributed by atoms with Gasteiger partial charge in [-0.05, 0) is 48.0 Å². The molecule has 0 saturated carbocycles. The summed E-state index contributed by atoms with van der Waals surface area (Å²) < 4.78 is 37.6. The van der Waals surface area contributed by atoms with Crippen LogP contribution in [0.25, 0.3) is 6.08 Å². The molecule has 2 rings (SSSR count). The Morgan fingerprint density at radius 3 is 2.08 bits per heavy atom. The molecule has 0 heterocycles. The van der Waals surface area contributed by atoms with Gasteiger partial charge in [0.2, 0.25) is 0 Å². The van der Waals surface area contributed by atoms with Crippen LogP contribution in [-0.2, 0) is 11.0 Å². The van der Waals surface area contributed by atoms with E-state index in [2.05, 4.69) is 5.32 Å². The number of carboxylic acids is 1. The first-order valence-electron chi connectivity index (χ1n) is 7.14. The molecule has 2 N–H and O–H groups in total. The highest BCUT2D eigenvalue weighted by Gasteiger charge is 2.29. The summed E-state index contributed by atoms with van der Waals surface area (Å²) >= 11 is 0. The Balaban J connectivity index is 2.16. The lowest BCUT2D eigenvalue weighted by atomic mass is 10.1. The zero-order valence-corrected chi connectivity index (χ0v) is 13.0. The van der Waals surface area contributed by atoms with Crippen molar-refractivity contribution >= 4 is 23.6 Å². The van der Waals surface area contributed by atoms with Gasteiger partial charge in [-0.15, -0.1) is 0 Å². The number of nitrogens with zero attached hydrogens (tertiary/aromatic N) is 1. The Labute approximate surface area is 146 Å². The average Bonchev–Trinajstić information content (AvgIpc) is 2.59. The Morgan fingerprint density at radius 2 is 1.62 bits per heavy atom. The van der Waals surface area contributed by atoms with E-state index in [0.29, 0.717) is 0 Å². The van der Waals surface area contributed by atoms with E-state index in [1.165, 1.54) is 24.3 Å². The highest BCUT2D eigenvalue weighted by atomic mass is 19.4. The third-order valence-electron chi connectivity index (χ3n) is 3.30. The molecule has 0 aromatic heterocycles. The van der Waals surface area contributed by atoms with E-state index in [-0.39, 0.29) is 22.4 Å². The number of alkyl halides is 3. The van der Waals surface area contributed by atoms with Crippen LogP contribution in [0.2, 0.25) is 0 Å². The van der Waals surface area contributed by atoms with E-state index in [1.807, 2.05) is 0 Å². The van der Waals surface area contributed by atoms with Crippen LogP contribution in [0.15, 0.2) is 54.1 Å². The number of carboxylic acid groups (broad SMARTS) is 1. The first-order valence-corrected chi connectivity index (χ1v) is 7.14. The summed E-state index contributed by atoms with van der Waals surface area (Å²) in [5.74, 6) is -1.89. The zero-order valence-electron chi connectivity index (χ0n) is 13.0. The second kappa shape index (κ2) is 7.53. The highest BCUT2D eigenvalue weighted by molar-refractivity contribution is 6.09. The number of nitrogens with one attached hydrogen (secondary N) is 1. The third-order valence-corrected chi connectivity index (χ3v) is 3.30. The third kappa shape index (κ3) is 4.70. The van der Waals surface area contributed by atoms with Crippen LogP contribution < -0.4 is 5.32 Å². The second-order valence-corrected chi connectivity index (χ2v) is 5.13. The molecule has 0 aliphatic rings. The number of hydrogen-bond donors (Lipinski definition) is 2. The molecule has 2 aromatic carbocycles. The van der Waals surface area contributed by atoms with Crippen molar-refractivity contribution in [3.8, 4) is 6.07 Å². The van der Waals surface area contributed by atoms with E-state index in [0.717, 1.165) is 30.3 Å². The summed E-state index contributed by atoms with van der Waals surface area (Å²) in [5.41, 5.74) is -0.591. The van der Waals surface area contributed by atoms with Gasteiger partial charge >= 0.3 is 12.1 Å². The van der Waals surface area contributed by atoms with Gasteiger partial charge in [0.1, 0.15) is 11.6 Å². The zero-order chi connectivity index (χ0) is 19.3.